The number of urea groups is 1. The highest BCUT2D eigenvalue weighted by molar-refractivity contribution is 6.07. The summed E-state index contributed by atoms with van der Waals surface area (Å²) in [4.78, 5) is 36.2. The second kappa shape index (κ2) is 9.75. The van der Waals surface area contributed by atoms with Crippen molar-refractivity contribution in [2.75, 3.05) is 57.8 Å². The molecule has 2 aliphatic heterocycles. The second-order valence-electron chi connectivity index (χ2n) is 9.18. The summed E-state index contributed by atoms with van der Waals surface area (Å²) in [5.74, 6) is 0.631. The molecule has 9 nitrogen and oxygen atoms in total. The third kappa shape index (κ3) is 4.58. The maximum absolute atomic E-state index is 13.7. The Bertz CT molecular complexity index is 1110. The standard InChI is InChI=1S/C25H32N6O3/c1-4-27-24(33)31-13-11-30(12-14-31)23(32)20-16-28-21-15-18(34-3)5-6-19(21)22(20)29-9-7-25(2,17-26)8-10-29/h5-6,15-16H,4,7-14H2,1-3H3,(H,27,33). The van der Waals surface area contributed by atoms with Gasteiger partial charge >= 0.3 is 6.03 Å². The monoisotopic (exact) mass is 464 g/mol. The number of nitrogens with zero attached hydrogens (tertiary/aromatic N) is 5. The number of nitriles is 1. The Labute approximate surface area is 200 Å². The van der Waals surface area contributed by atoms with E-state index >= 15 is 0 Å². The first-order valence-electron chi connectivity index (χ1n) is 11.8. The summed E-state index contributed by atoms with van der Waals surface area (Å²) in [6.07, 6.45) is 3.14. The molecule has 2 aromatic rings. The second-order valence-corrected chi connectivity index (χ2v) is 9.18. The first-order valence-corrected chi connectivity index (χ1v) is 11.8. The molecule has 0 bridgehead atoms. The van der Waals surface area contributed by atoms with Gasteiger partial charge in [0.2, 0.25) is 0 Å². The van der Waals surface area contributed by atoms with Crippen LogP contribution in [0.25, 0.3) is 10.9 Å². The van der Waals surface area contributed by atoms with E-state index in [0.717, 1.165) is 29.4 Å². The average Bonchev–Trinajstić information content (AvgIpc) is 2.88. The Hall–Kier alpha value is -3.54. The van der Waals surface area contributed by atoms with E-state index < -0.39 is 0 Å². The van der Waals surface area contributed by atoms with Gasteiger partial charge in [0, 0.05) is 63.5 Å². The fourth-order valence-electron chi connectivity index (χ4n) is 4.66. The molecule has 2 saturated heterocycles. The van der Waals surface area contributed by atoms with E-state index in [4.69, 9.17) is 4.74 Å². The molecule has 0 saturated carbocycles. The van der Waals surface area contributed by atoms with Crippen molar-refractivity contribution >= 4 is 28.5 Å². The minimum absolute atomic E-state index is 0.0793. The number of hydrogen-bond donors (Lipinski definition) is 1. The van der Waals surface area contributed by atoms with Crippen LogP contribution in [0.4, 0.5) is 10.5 Å². The van der Waals surface area contributed by atoms with Crippen LogP contribution in [-0.4, -0.2) is 79.6 Å². The minimum atomic E-state index is -0.345. The number of nitrogens with one attached hydrogen (secondary N) is 1. The van der Waals surface area contributed by atoms with E-state index in [1.807, 2.05) is 32.0 Å². The van der Waals surface area contributed by atoms with Gasteiger partial charge in [-0.15, -0.1) is 0 Å². The van der Waals surface area contributed by atoms with Crippen molar-refractivity contribution in [1.82, 2.24) is 20.1 Å². The number of benzene rings is 1. The molecule has 4 rings (SSSR count). The number of fused-ring (bicyclic) bond motifs is 1. The van der Waals surface area contributed by atoms with Gasteiger partial charge in [0.05, 0.1) is 35.4 Å². The molecule has 3 amide bonds. The molecule has 1 aromatic heterocycles. The number of amides is 3. The van der Waals surface area contributed by atoms with Gasteiger partial charge < -0.3 is 24.8 Å². The molecule has 9 heteroatoms. The Morgan fingerprint density at radius 3 is 2.44 bits per heavy atom. The number of ether oxygens (including phenoxy) is 1. The summed E-state index contributed by atoms with van der Waals surface area (Å²) in [6, 6.07) is 8.07. The fraction of sp³-hybridized carbons (Fsp3) is 0.520. The summed E-state index contributed by atoms with van der Waals surface area (Å²) in [5, 5.41) is 13.3. The van der Waals surface area contributed by atoms with Crippen LogP contribution in [0.5, 0.6) is 5.75 Å². The van der Waals surface area contributed by atoms with Crippen LogP contribution in [-0.2, 0) is 0 Å². The van der Waals surface area contributed by atoms with Gasteiger partial charge in [0.15, 0.2) is 0 Å². The molecule has 1 N–H and O–H groups in total. The van der Waals surface area contributed by atoms with Crippen molar-refractivity contribution in [3.63, 3.8) is 0 Å². The van der Waals surface area contributed by atoms with E-state index in [2.05, 4.69) is 21.3 Å². The predicted octanol–water partition coefficient (Wildman–Crippen LogP) is 2.86. The summed E-state index contributed by atoms with van der Waals surface area (Å²) >= 11 is 0. The number of piperazine rings is 1. The number of carbonyl (C=O) groups excluding carboxylic acids is 2. The van der Waals surface area contributed by atoms with Gasteiger partial charge in [-0.1, -0.05) is 0 Å². The first-order chi connectivity index (χ1) is 16.4. The maximum Gasteiger partial charge on any atom is 0.317 e. The number of hydrogen-bond acceptors (Lipinski definition) is 6. The number of carbonyl (C=O) groups is 2. The van der Waals surface area contributed by atoms with Crippen LogP contribution in [0.1, 0.15) is 37.0 Å². The number of rotatable bonds is 4. The smallest absolute Gasteiger partial charge is 0.317 e. The third-order valence-electron chi connectivity index (χ3n) is 6.91. The lowest BCUT2D eigenvalue weighted by Crippen LogP contribution is -2.53. The van der Waals surface area contributed by atoms with Crippen molar-refractivity contribution in [3.05, 3.63) is 30.0 Å². The zero-order valence-corrected chi connectivity index (χ0v) is 20.1. The van der Waals surface area contributed by atoms with Gasteiger partial charge in [-0.2, -0.15) is 5.26 Å². The van der Waals surface area contributed by atoms with Gasteiger partial charge in [0.25, 0.3) is 5.91 Å². The number of pyridine rings is 1. The lowest BCUT2D eigenvalue weighted by molar-refractivity contribution is 0.0665. The van der Waals surface area contributed by atoms with Crippen LogP contribution >= 0.6 is 0 Å². The molecule has 2 aliphatic rings. The van der Waals surface area contributed by atoms with E-state index in [9.17, 15) is 14.9 Å². The molecule has 0 aliphatic carbocycles. The van der Waals surface area contributed by atoms with Crippen molar-refractivity contribution < 1.29 is 14.3 Å². The molecule has 0 unspecified atom stereocenters. The quantitative estimate of drug-likeness (QED) is 0.747. The number of piperidine rings is 1. The lowest BCUT2D eigenvalue weighted by Gasteiger charge is -2.39. The first kappa shape index (κ1) is 23.6. The van der Waals surface area contributed by atoms with Gasteiger partial charge in [-0.3, -0.25) is 9.78 Å². The van der Waals surface area contributed by atoms with E-state index in [1.54, 1.807) is 23.1 Å². The highest BCUT2D eigenvalue weighted by Crippen LogP contribution is 2.38. The van der Waals surface area contributed by atoms with Crippen LogP contribution in [0.3, 0.4) is 0 Å². The van der Waals surface area contributed by atoms with E-state index in [1.165, 1.54) is 0 Å². The SMILES string of the molecule is CCNC(=O)N1CCN(C(=O)c2cnc3cc(OC)ccc3c2N2CCC(C)(C#N)CC2)CC1. The molecule has 180 valence electrons. The molecule has 0 spiro atoms. The molecular formula is C25H32N6O3. The van der Waals surface area contributed by atoms with Crippen LogP contribution in [0.15, 0.2) is 24.4 Å². The Morgan fingerprint density at radius 1 is 1.15 bits per heavy atom. The largest absolute Gasteiger partial charge is 0.497 e. The minimum Gasteiger partial charge on any atom is -0.497 e. The molecule has 34 heavy (non-hydrogen) atoms. The highest BCUT2D eigenvalue weighted by atomic mass is 16.5. The average molecular weight is 465 g/mol. The molecule has 0 radical (unpaired) electrons. The fourth-order valence-corrected chi connectivity index (χ4v) is 4.66. The summed E-state index contributed by atoms with van der Waals surface area (Å²) in [6.45, 7) is 7.80. The molecule has 3 heterocycles. The van der Waals surface area contributed by atoms with Crippen molar-refractivity contribution in [1.29, 1.82) is 5.26 Å². The Kier molecular flexibility index (Phi) is 6.77. The predicted molar refractivity (Wildman–Crippen MR) is 130 cm³/mol. The molecular weight excluding hydrogens is 432 g/mol. The van der Waals surface area contributed by atoms with Gasteiger partial charge in [-0.25, -0.2) is 4.79 Å². The lowest BCUT2D eigenvalue weighted by atomic mass is 9.81. The highest BCUT2D eigenvalue weighted by Gasteiger charge is 2.33. The topological polar surface area (TPSA) is 102 Å². The van der Waals surface area contributed by atoms with E-state index in [-0.39, 0.29) is 17.4 Å². The number of aromatic nitrogens is 1. The maximum atomic E-state index is 13.7. The molecule has 2 fully saturated rings. The zero-order valence-electron chi connectivity index (χ0n) is 20.1. The van der Waals surface area contributed by atoms with Crippen LogP contribution in [0.2, 0.25) is 0 Å². The normalized spacial score (nSPS) is 17.9. The van der Waals surface area contributed by atoms with E-state index in [0.29, 0.717) is 57.1 Å². The van der Waals surface area contributed by atoms with Crippen molar-refractivity contribution in [3.8, 4) is 11.8 Å². The van der Waals surface area contributed by atoms with Crippen molar-refractivity contribution in [2.24, 2.45) is 5.41 Å². The molecule has 0 atom stereocenters. The van der Waals surface area contributed by atoms with Gasteiger partial charge in [0.1, 0.15) is 5.75 Å². The van der Waals surface area contributed by atoms with Crippen LogP contribution in [0, 0.1) is 16.7 Å². The summed E-state index contributed by atoms with van der Waals surface area (Å²) in [5.41, 5.74) is 1.84. The van der Waals surface area contributed by atoms with Crippen LogP contribution < -0.4 is 15.0 Å². The van der Waals surface area contributed by atoms with Crippen molar-refractivity contribution in [2.45, 2.75) is 26.7 Å². The molecule has 1 aromatic carbocycles. The van der Waals surface area contributed by atoms with Gasteiger partial charge in [-0.05, 0) is 38.8 Å². The number of anilines is 1. The summed E-state index contributed by atoms with van der Waals surface area (Å²) in [7, 11) is 1.62. The Balaban J connectivity index is 1.64. The third-order valence-corrected chi connectivity index (χ3v) is 6.91. The summed E-state index contributed by atoms with van der Waals surface area (Å²) < 4.78 is 5.37. The zero-order chi connectivity index (χ0) is 24.3. The Morgan fingerprint density at radius 2 is 1.82 bits per heavy atom. The number of methoxy groups -OCH3 is 1.